The van der Waals surface area contributed by atoms with Crippen molar-refractivity contribution in [1.29, 1.82) is 0 Å². The van der Waals surface area contributed by atoms with Crippen molar-refractivity contribution in [2.75, 3.05) is 20.3 Å². The Bertz CT molecular complexity index is 528. The monoisotopic (exact) mass is 361 g/mol. The van der Waals surface area contributed by atoms with Crippen LogP contribution in [0, 0.1) is 11.3 Å². The van der Waals surface area contributed by atoms with Gasteiger partial charge in [-0.05, 0) is 74.6 Å². The van der Waals surface area contributed by atoms with Crippen LogP contribution in [-0.4, -0.2) is 25.9 Å². The third-order valence-corrected chi connectivity index (χ3v) is 6.15. The predicted octanol–water partition coefficient (Wildman–Crippen LogP) is 5.58. The minimum absolute atomic E-state index is 0.0607. The Morgan fingerprint density at radius 3 is 2.54 bits per heavy atom. The number of benzene rings is 1. The molecule has 26 heavy (non-hydrogen) atoms. The van der Waals surface area contributed by atoms with Gasteiger partial charge in [0.1, 0.15) is 5.75 Å². The van der Waals surface area contributed by atoms with Gasteiger partial charge in [0.15, 0.2) is 0 Å². The van der Waals surface area contributed by atoms with Gasteiger partial charge in [0.25, 0.3) is 0 Å². The Morgan fingerprint density at radius 2 is 1.92 bits per heavy atom. The van der Waals surface area contributed by atoms with Gasteiger partial charge in [0, 0.05) is 13.2 Å². The van der Waals surface area contributed by atoms with E-state index in [0.717, 1.165) is 37.8 Å². The summed E-state index contributed by atoms with van der Waals surface area (Å²) in [6.45, 7) is 12.2. The van der Waals surface area contributed by atoms with Crippen LogP contribution < -0.4 is 10.1 Å². The number of rotatable bonds is 10. The first-order valence-electron chi connectivity index (χ1n) is 10.4. The largest absolute Gasteiger partial charge is 0.497 e. The topological polar surface area (TPSA) is 30.5 Å². The fourth-order valence-corrected chi connectivity index (χ4v) is 4.15. The molecule has 1 aromatic carbocycles. The highest BCUT2D eigenvalue weighted by atomic mass is 16.5. The van der Waals surface area contributed by atoms with Gasteiger partial charge in [-0.1, -0.05) is 39.3 Å². The van der Waals surface area contributed by atoms with E-state index in [-0.39, 0.29) is 5.60 Å². The fraction of sp³-hybridized carbons (Fsp3) is 0.739. The molecule has 0 aromatic heterocycles. The summed E-state index contributed by atoms with van der Waals surface area (Å²) in [6.07, 6.45) is 7.41. The Hall–Kier alpha value is -1.06. The summed E-state index contributed by atoms with van der Waals surface area (Å²) in [6, 6.07) is 8.35. The van der Waals surface area contributed by atoms with E-state index < -0.39 is 0 Å². The molecule has 0 bridgehead atoms. The van der Waals surface area contributed by atoms with E-state index in [1.165, 1.54) is 37.7 Å². The number of hydrogen-bond acceptors (Lipinski definition) is 3. The molecule has 0 unspecified atom stereocenters. The van der Waals surface area contributed by atoms with Crippen LogP contribution in [0.15, 0.2) is 24.3 Å². The molecule has 0 saturated carbocycles. The normalized spacial score (nSPS) is 26.2. The molecule has 1 heterocycles. The van der Waals surface area contributed by atoms with Gasteiger partial charge >= 0.3 is 0 Å². The van der Waals surface area contributed by atoms with Gasteiger partial charge in [-0.15, -0.1) is 0 Å². The highest BCUT2D eigenvalue weighted by molar-refractivity contribution is 5.26. The van der Waals surface area contributed by atoms with Crippen LogP contribution in [0.3, 0.4) is 0 Å². The Labute approximate surface area is 160 Å². The standard InChI is InChI=1S/C23H39NO2/c1-6-22(4)18-23(14-16-26-22,12-11-19(2)3)13-15-24-17-20-7-9-21(25-5)10-8-20/h7-10,19,24H,6,11-18H2,1-5H3/t22-,23+/m0/s1. The molecule has 3 nitrogen and oxygen atoms in total. The van der Waals surface area contributed by atoms with Crippen molar-refractivity contribution in [3.63, 3.8) is 0 Å². The van der Waals surface area contributed by atoms with Crippen LogP contribution in [0.1, 0.15) is 71.8 Å². The molecule has 2 atom stereocenters. The summed E-state index contributed by atoms with van der Waals surface area (Å²) in [5.41, 5.74) is 1.80. The number of hydrogen-bond donors (Lipinski definition) is 1. The molecule has 1 saturated heterocycles. The zero-order valence-electron chi connectivity index (χ0n) is 17.6. The highest BCUT2D eigenvalue weighted by Gasteiger charge is 2.41. The second kappa shape index (κ2) is 9.75. The zero-order valence-corrected chi connectivity index (χ0v) is 17.6. The summed E-state index contributed by atoms with van der Waals surface area (Å²) in [5.74, 6) is 1.69. The van der Waals surface area contributed by atoms with Gasteiger partial charge in [0.2, 0.25) is 0 Å². The molecular weight excluding hydrogens is 322 g/mol. The summed E-state index contributed by atoms with van der Waals surface area (Å²) in [4.78, 5) is 0. The number of nitrogens with one attached hydrogen (secondary N) is 1. The first-order chi connectivity index (χ1) is 12.4. The van der Waals surface area contributed by atoms with Gasteiger partial charge < -0.3 is 14.8 Å². The maximum atomic E-state index is 6.14. The number of ether oxygens (including phenoxy) is 2. The van der Waals surface area contributed by atoms with Gasteiger partial charge in [-0.2, -0.15) is 0 Å². The maximum absolute atomic E-state index is 6.14. The van der Waals surface area contributed by atoms with Crippen LogP contribution in [0.5, 0.6) is 5.75 Å². The molecular formula is C23H39NO2. The van der Waals surface area contributed by atoms with E-state index in [4.69, 9.17) is 9.47 Å². The maximum Gasteiger partial charge on any atom is 0.118 e. The molecule has 0 radical (unpaired) electrons. The lowest BCUT2D eigenvalue weighted by atomic mass is 9.67. The second-order valence-electron chi connectivity index (χ2n) is 8.79. The minimum atomic E-state index is 0.0607. The molecule has 1 fully saturated rings. The van der Waals surface area contributed by atoms with Crippen LogP contribution in [0.25, 0.3) is 0 Å². The molecule has 0 spiro atoms. The van der Waals surface area contributed by atoms with Crippen molar-refractivity contribution in [2.45, 2.75) is 78.4 Å². The van der Waals surface area contributed by atoms with Gasteiger partial charge in [-0.3, -0.25) is 0 Å². The summed E-state index contributed by atoms with van der Waals surface area (Å²) < 4.78 is 11.4. The molecule has 1 N–H and O–H groups in total. The van der Waals surface area contributed by atoms with Gasteiger partial charge in [-0.25, -0.2) is 0 Å². The van der Waals surface area contributed by atoms with E-state index in [0.29, 0.717) is 5.41 Å². The Balaban J connectivity index is 1.89. The van der Waals surface area contributed by atoms with Crippen molar-refractivity contribution >= 4 is 0 Å². The van der Waals surface area contributed by atoms with Crippen molar-refractivity contribution in [3.05, 3.63) is 29.8 Å². The lowest BCUT2D eigenvalue weighted by Crippen LogP contribution is -2.44. The van der Waals surface area contributed by atoms with Crippen molar-refractivity contribution in [1.82, 2.24) is 5.32 Å². The fourth-order valence-electron chi connectivity index (χ4n) is 4.15. The number of methoxy groups -OCH3 is 1. The van der Waals surface area contributed by atoms with Crippen LogP contribution in [0.2, 0.25) is 0 Å². The van der Waals surface area contributed by atoms with E-state index in [2.05, 4.69) is 45.1 Å². The molecule has 0 amide bonds. The molecule has 1 aliphatic heterocycles. The van der Waals surface area contributed by atoms with Crippen molar-refractivity contribution in [3.8, 4) is 5.75 Å². The van der Waals surface area contributed by atoms with E-state index >= 15 is 0 Å². The third kappa shape index (κ3) is 6.28. The molecule has 0 aliphatic carbocycles. The zero-order chi connectivity index (χ0) is 19.0. The SMILES string of the molecule is CC[C@@]1(C)C[C@@](CCNCc2ccc(OC)cc2)(CCC(C)C)CCO1. The minimum Gasteiger partial charge on any atom is -0.497 e. The smallest absolute Gasteiger partial charge is 0.118 e. The molecule has 1 aliphatic rings. The highest BCUT2D eigenvalue weighted by Crippen LogP contribution is 2.46. The predicted molar refractivity (Wildman–Crippen MR) is 110 cm³/mol. The summed E-state index contributed by atoms with van der Waals surface area (Å²) in [5, 5.41) is 3.66. The van der Waals surface area contributed by atoms with Crippen molar-refractivity contribution < 1.29 is 9.47 Å². The third-order valence-electron chi connectivity index (χ3n) is 6.15. The second-order valence-corrected chi connectivity index (χ2v) is 8.79. The van der Waals surface area contributed by atoms with E-state index in [1.807, 2.05) is 12.1 Å². The average Bonchev–Trinajstić information content (AvgIpc) is 2.64. The average molecular weight is 362 g/mol. The van der Waals surface area contributed by atoms with Crippen LogP contribution >= 0.6 is 0 Å². The first kappa shape index (κ1) is 21.2. The molecule has 148 valence electrons. The lowest BCUT2D eigenvalue weighted by molar-refractivity contribution is -0.122. The summed E-state index contributed by atoms with van der Waals surface area (Å²) in [7, 11) is 1.71. The Morgan fingerprint density at radius 1 is 1.19 bits per heavy atom. The Kier molecular flexibility index (Phi) is 7.97. The lowest BCUT2D eigenvalue weighted by Gasteiger charge is -2.47. The van der Waals surface area contributed by atoms with Crippen LogP contribution in [-0.2, 0) is 11.3 Å². The molecule has 2 rings (SSSR count). The van der Waals surface area contributed by atoms with Gasteiger partial charge in [0.05, 0.1) is 12.7 Å². The summed E-state index contributed by atoms with van der Waals surface area (Å²) >= 11 is 0. The quantitative estimate of drug-likeness (QED) is 0.552. The molecule has 3 heteroatoms. The van der Waals surface area contributed by atoms with E-state index in [1.54, 1.807) is 7.11 Å². The van der Waals surface area contributed by atoms with E-state index in [9.17, 15) is 0 Å². The van der Waals surface area contributed by atoms with Crippen molar-refractivity contribution in [2.24, 2.45) is 11.3 Å². The van der Waals surface area contributed by atoms with Crippen LogP contribution in [0.4, 0.5) is 0 Å². The molecule has 1 aromatic rings. The first-order valence-corrected chi connectivity index (χ1v) is 10.4.